The van der Waals surface area contributed by atoms with E-state index in [0.717, 1.165) is 35.0 Å². The summed E-state index contributed by atoms with van der Waals surface area (Å²) >= 11 is 2.27. The molecule has 0 saturated heterocycles. The van der Waals surface area contributed by atoms with Crippen LogP contribution in [0.5, 0.6) is 5.75 Å². The molecule has 1 heterocycles. The van der Waals surface area contributed by atoms with Gasteiger partial charge in [0.2, 0.25) is 0 Å². The first-order valence-corrected chi connectivity index (χ1v) is 16.4. The molecule has 2 aromatic carbocycles. The molecular weight excluding hydrogens is 603 g/mol. The molecule has 0 amide bonds. The first-order chi connectivity index (χ1) is 17.8. The Balaban J connectivity index is 1.84. The lowest BCUT2D eigenvalue weighted by Gasteiger charge is -2.39. The quantitative estimate of drug-likeness (QED) is 0.161. The van der Waals surface area contributed by atoms with Gasteiger partial charge < -0.3 is 19.3 Å². The number of unbranched alkanes of at least 4 members (excludes halogenated alkanes) is 1. The molecule has 8 heteroatoms. The Morgan fingerprint density at radius 1 is 1.00 bits per heavy atom. The van der Waals surface area contributed by atoms with Crippen LogP contribution in [0, 0.1) is 12.3 Å². The molecule has 0 radical (unpaired) electrons. The van der Waals surface area contributed by atoms with Crippen molar-refractivity contribution < 1.29 is 27.7 Å². The van der Waals surface area contributed by atoms with E-state index in [-0.39, 0.29) is 5.75 Å². The van der Waals surface area contributed by atoms with Crippen molar-refractivity contribution in [1.29, 1.82) is 0 Å². The predicted octanol–water partition coefficient (Wildman–Crippen LogP) is 5.71. The van der Waals surface area contributed by atoms with Crippen LogP contribution in [0.3, 0.4) is 0 Å². The second kappa shape index (κ2) is 14.3. The van der Waals surface area contributed by atoms with Crippen LogP contribution in [0.1, 0.15) is 62.1 Å². The monoisotopic (exact) mass is 644 g/mol. The zero-order valence-electron chi connectivity index (χ0n) is 22.2. The van der Waals surface area contributed by atoms with Gasteiger partial charge in [0.1, 0.15) is 12.4 Å². The summed E-state index contributed by atoms with van der Waals surface area (Å²) in [6.45, 7) is 8.80. The Morgan fingerprint density at radius 3 is 2.32 bits per heavy atom. The van der Waals surface area contributed by atoms with Crippen LogP contribution in [-0.2, 0) is 19.3 Å². The second-order valence-electron chi connectivity index (χ2n) is 9.87. The molecule has 0 aliphatic carbocycles. The van der Waals surface area contributed by atoms with E-state index in [2.05, 4.69) is 29.5 Å². The fourth-order valence-electron chi connectivity index (χ4n) is 5.22. The number of aliphatic hydroxyl groups is 1. The van der Waals surface area contributed by atoms with Crippen molar-refractivity contribution in [2.75, 3.05) is 43.2 Å². The molecule has 0 spiro atoms. The van der Waals surface area contributed by atoms with Crippen LogP contribution < -0.4 is 4.74 Å². The number of benzene rings is 2. The number of alkyl halides is 1. The Kier molecular flexibility index (Phi) is 11.7. The number of hydrogen-bond donors (Lipinski definition) is 1. The summed E-state index contributed by atoms with van der Waals surface area (Å²) in [7, 11) is -3.56. The maximum atomic E-state index is 13.6. The summed E-state index contributed by atoms with van der Waals surface area (Å²) < 4.78 is 45.0. The summed E-state index contributed by atoms with van der Waals surface area (Å²) in [6, 6.07) is 13.2. The number of aryl methyl sites for hydroxylation is 1. The van der Waals surface area contributed by atoms with E-state index in [1.54, 1.807) is 6.07 Å². The largest absolute Gasteiger partial charge is 0.491 e. The fraction of sp³-hybridized carbons (Fsp3) is 0.586. The molecular formula is C29H41IO6S. The van der Waals surface area contributed by atoms with Gasteiger partial charge in [-0.05, 0) is 49.1 Å². The van der Waals surface area contributed by atoms with Crippen LogP contribution in [0.4, 0.5) is 0 Å². The minimum Gasteiger partial charge on any atom is -0.491 e. The third-order valence-electron chi connectivity index (χ3n) is 7.32. The van der Waals surface area contributed by atoms with Gasteiger partial charge in [0.25, 0.3) is 0 Å². The third kappa shape index (κ3) is 7.68. The molecule has 6 nitrogen and oxygen atoms in total. The second-order valence-corrected chi connectivity index (χ2v) is 12.9. The maximum Gasteiger partial charge on any atom is 0.179 e. The van der Waals surface area contributed by atoms with Crippen LogP contribution in [0.25, 0.3) is 0 Å². The normalized spacial score (nSPS) is 22.8. The predicted molar refractivity (Wildman–Crippen MR) is 156 cm³/mol. The minimum absolute atomic E-state index is 0.0332. The summed E-state index contributed by atoms with van der Waals surface area (Å²) in [5.74, 6) is 0.236. The van der Waals surface area contributed by atoms with Gasteiger partial charge in [-0.1, -0.05) is 79.1 Å². The van der Waals surface area contributed by atoms with Crippen molar-refractivity contribution in [3.05, 3.63) is 59.2 Å². The summed E-state index contributed by atoms with van der Waals surface area (Å²) in [5.41, 5.74) is 1.84. The van der Waals surface area contributed by atoms with E-state index < -0.39 is 27.3 Å². The van der Waals surface area contributed by atoms with E-state index in [0.29, 0.717) is 55.5 Å². The van der Waals surface area contributed by atoms with E-state index in [1.807, 2.05) is 50.2 Å². The Morgan fingerprint density at radius 2 is 1.68 bits per heavy atom. The number of rotatable bonds is 14. The molecule has 0 unspecified atom stereocenters. The first-order valence-electron chi connectivity index (χ1n) is 13.2. The molecule has 3 atom stereocenters. The number of hydrogen-bond acceptors (Lipinski definition) is 6. The first kappa shape index (κ1) is 30.3. The topological polar surface area (TPSA) is 82.1 Å². The van der Waals surface area contributed by atoms with Crippen molar-refractivity contribution in [3.63, 3.8) is 0 Å². The number of fused-ring (bicyclic) bond motifs is 1. The molecule has 0 fully saturated rings. The van der Waals surface area contributed by atoms with Crippen molar-refractivity contribution in [3.8, 4) is 5.75 Å². The molecule has 37 heavy (non-hydrogen) atoms. The highest BCUT2D eigenvalue weighted by Crippen LogP contribution is 2.49. The number of ether oxygens (including phenoxy) is 3. The fourth-order valence-corrected chi connectivity index (χ4v) is 7.79. The van der Waals surface area contributed by atoms with Crippen LogP contribution in [0.15, 0.2) is 47.4 Å². The van der Waals surface area contributed by atoms with Gasteiger partial charge in [0.15, 0.2) is 9.84 Å². The van der Waals surface area contributed by atoms with E-state index in [4.69, 9.17) is 14.2 Å². The number of sulfone groups is 1. The summed E-state index contributed by atoms with van der Waals surface area (Å²) in [5, 5.41) is 11.9. The molecule has 1 aliphatic heterocycles. The van der Waals surface area contributed by atoms with Gasteiger partial charge >= 0.3 is 0 Å². The van der Waals surface area contributed by atoms with Gasteiger partial charge in [-0.3, -0.25) is 0 Å². The van der Waals surface area contributed by atoms with E-state index in [9.17, 15) is 13.5 Å². The highest BCUT2D eigenvalue weighted by atomic mass is 127. The summed E-state index contributed by atoms with van der Waals surface area (Å²) in [4.78, 5) is 0.342. The molecule has 0 bridgehead atoms. The average Bonchev–Trinajstić information content (AvgIpc) is 2.95. The van der Waals surface area contributed by atoms with Gasteiger partial charge in [0.05, 0.1) is 43.2 Å². The van der Waals surface area contributed by atoms with Gasteiger partial charge in [-0.15, -0.1) is 0 Å². The lowest BCUT2D eigenvalue weighted by atomic mass is 9.69. The molecule has 3 rings (SSSR count). The SMILES string of the molecule is CCCC[C@]1(CC)CS(=O)(=O)c2ccc(C)cc2[C@@H](c2ccc(OCCOCCOCCI)cc2)[C@H]1O. The van der Waals surface area contributed by atoms with Crippen LogP contribution >= 0.6 is 22.6 Å². The molecule has 2 aromatic rings. The van der Waals surface area contributed by atoms with Crippen molar-refractivity contribution in [2.45, 2.75) is 63.4 Å². The maximum absolute atomic E-state index is 13.6. The van der Waals surface area contributed by atoms with Crippen LogP contribution in [0.2, 0.25) is 0 Å². The van der Waals surface area contributed by atoms with Crippen molar-refractivity contribution in [1.82, 2.24) is 0 Å². The third-order valence-corrected chi connectivity index (χ3v) is 9.75. The highest BCUT2D eigenvalue weighted by molar-refractivity contribution is 14.1. The molecule has 1 aliphatic rings. The number of aliphatic hydroxyl groups excluding tert-OH is 1. The Hall–Kier alpha value is -1.20. The van der Waals surface area contributed by atoms with Crippen molar-refractivity contribution in [2.24, 2.45) is 5.41 Å². The molecule has 1 N–H and O–H groups in total. The minimum atomic E-state index is -3.56. The van der Waals surface area contributed by atoms with Gasteiger partial charge in [-0.2, -0.15) is 0 Å². The molecule has 0 aromatic heterocycles. The highest BCUT2D eigenvalue weighted by Gasteiger charge is 2.48. The zero-order chi connectivity index (χ0) is 26.9. The lowest BCUT2D eigenvalue weighted by Crippen LogP contribution is -2.42. The number of halogens is 1. The van der Waals surface area contributed by atoms with Gasteiger partial charge in [0, 0.05) is 15.8 Å². The molecule has 0 saturated carbocycles. The van der Waals surface area contributed by atoms with Crippen molar-refractivity contribution >= 4 is 32.4 Å². The van der Waals surface area contributed by atoms with E-state index >= 15 is 0 Å². The van der Waals surface area contributed by atoms with E-state index in [1.165, 1.54) is 0 Å². The van der Waals surface area contributed by atoms with Crippen LogP contribution in [-0.4, -0.2) is 62.8 Å². The average molecular weight is 645 g/mol. The lowest BCUT2D eigenvalue weighted by molar-refractivity contribution is 0.0174. The summed E-state index contributed by atoms with van der Waals surface area (Å²) in [6.07, 6.45) is 2.28. The Labute approximate surface area is 236 Å². The Bertz CT molecular complexity index is 1090. The zero-order valence-corrected chi connectivity index (χ0v) is 25.2. The smallest absolute Gasteiger partial charge is 0.179 e. The van der Waals surface area contributed by atoms with Gasteiger partial charge in [-0.25, -0.2) is 8.42 Å². The standard InChI is InChI=1S/C29H41IO6S/c1-4-6-13-29(5-2)21-37(32,33)26-12-7-22(3)20-25(26)27(28(29)31)23-8-10-24(11-9-23)36-19-18-35-17-16-34-15-14-30/h7-12,20,27-28,31H,4-6,13-19,21H2,1-3H3/t27-,28-,29-/m1/s1. The molecule has 206 valence electrons.